The van der Waals surface area contributed by atoms with Crippen molar-refractivity contribution in [3.63, 3.8) is 0 Å². The highest BCUT2D eigenvalue weighted by Gasteiger charge is 2.47. The molecule has 0 spiro atoms. The Morgan fingerprint density at radius 1 is 0.235 bits per heavy atom. The van der Waals surface area contributed by atoms with E-state index >= 15 is 0 Å². The Balaban J connectivity index is 0.932. The van der Waals surface area contributed by atoms with Crippen molar-refractivity contribution in [3.8, 4) is 67.0 Å². The quantitative estimate of drug-likeness (QED) is 0.135. The molecule has 0 radical (unpaired) electrons. The van der Waals surface area contributed by atoms with E-state index in [0.717, 1.165) is 145 Å². The molecular formula is C112H91BN4O2. The number of benzene rings is 16. The Bertz CT molecular complexity index is 7170. The standard InChI is InChI=1S/C112H91BN4O2/c1-109(2,3)76-35-27-33-72(57-76)82-49-55-102-104(86-39-21-25-43-100(86)118-102)107(82)116-96-66-80(114-92-41-23-19-37-84(92)88-61-70(45-53-94(88)114)68-29-15-13-16-30-68)47-51-90(96)113-91-52-48-81(115-93-42-24-20-38-85(93)89-62-71(46-54-95(89)115)69-31-17-14-18-32-69)67-97(91)117(99-64-75(63-98(116)106(99)113)74-59-78(111(7,8)9)65-79(60-74)112(10,11)12)108-83(73-34-28-36-77(58-73)110(4,5)6)50-56-103-105(108)87-40-22-26-44-101(87)119-103/h13-67H,1-12H3. The molecule has 0 fully saturated rings. The second-order valence-electron chi connectivity index (χ2n) is 37.2. The SMILES string of the molecule is CC(C)(C)c1cccc(-c2ccc3oc4ccccc4c3c2N2c3cc(-n4c5ccccc5c5cc(-c6ccccc6)ccc54)ccc3B3c4ccc(-n5c6ccccc6c6cc(-c7ccccc7)ccc65)cc4N(c4c(-c5cccc(C(C)(C)C)c5)ccc5oc6ccccc6c45)c4cc(-c5cc(C(C)(C)C)cc(C(C)(C)C)c5)cc2c43)c1. The Morgan fingerprint density at radius 2 is 0.605 bits per heavy atom. The lowest BCUT2D eigenvalue weighted by molar-refractivity contribution is 0.569. The van der Waals surface area contributed by atoms with Crippen molar-refractivity contribution in [2.24, 2.45) is 0 Å². The number of hydrogen-bond acceptors (Lipinski definition) is 4. The van der Waals surface area contributed by atoms with Crippen molar-refractivity contribution in [3.05, 3.63) is 356 Å². The molecule has 0 bridgehead atoms. The molecule has 0 unspecified atom stereocenters. The van der Waals surface area contributed by atoms with Crippen LogP contribution in [0, 0.1) is 0 Å². The normalized spacial score (nSPS) is 13.2. The molecule has 4 aromatic heterocycles. The van der Waals surface area contributed by atoms with Crippen LogP contribution in [0.5, 0.6) is 0 Å². The monoisotopic (exact) mass is 1530 g/mol. The van der Waals surface area contributed by atoms with Gasteiger partial charge in [0, 0.05) is 77.6 Å². The van der Waals surface area contributed by atoms with E-state index < -0.39 is 0 Å². The van der Waals surface area contributed by atoms with Gasteiger partial charge in [0.2, 0.25) is 0 Å². The molecule has 119 heavy (non-hydrogen) atoms. The second kappa shape index (κ2) is 26.4. The first-order valence-corrected chi connectivity index (χ1v) is 42.0. The zero-order valence-electron chi connectivity index (χ0n) is 69.4. The molecule has 20 aromatic rings. The van der Waals surface area contributed by atoms with Gasteiger partial charge in [-0.2, -0.15) is 0 Å². The number of aromatic nitrogens is 2. The zero-order valence-corrected chi connectivity index (χ0v) is 69.4. The predicted octanol–water partition coefficient (Wildman–Crippen LogP) is 29.3. The molecule has 0 saturated heterocycles. The maximum absolute atomic E-state index is 7.26. The van der Waals surface area contributed by atoms with Crippen molar-refractivity contribution < 1.29 is 8.83 Å². The van der Waals surface area contributed by atoms with E-state index in [0.29, 0.717) is 0 Å². The van der Waals surface area contributed by atoms with Gasteiger partial charge < -0.3 is 27.8 Å². The van der Waals surface area contributed by atoms with Gasteiger partial charge in [-0.15, -0.1) is 0 Å². The van der Waals surface area contributed by atoms with E-state index in [-0.39, 0.29) is 28.4 Å². The van der Waals surface area contributed by atoms with E-state index in [2.05, 4.69) is 436 Å². The highest BCUT2D eigenvalue weighted by atomic mass is 16.3. The molecule has 2 aliphatic rings. The summed E-state index contributed by atoms with van der Waals surface area (Å²) in [6.45, 7) is 27.8. The lowest BCUT2D eigenvalue weighted by atomic mass is 9.33. The van der Waals surface area contributed by atoms with Crippen molar-refractivity contribution in [2.45, 2.75) is 105 Å². The van der Waals surface area contributed by atoms with Crippen LogP contribution < -0.4 is 26.2 Å². The minimum atomic E-state index is -0.347. The number of rotatable bonds is 9. The maximum atomic E-state index is 7.26. The van der Waals surface area contributed by atoms with E-state index in [9.17, 15) is 0 Å². The van der Waals surface area contributed by atoms with E-state index in [4.69, 9.17) is 8.83 Å². The molecule has 6 heterocycles. The number of para-hydroxylation sites is 4. The lowest BCUT2D eigenvalue weighted by Crippen LogP contribution is -2.61. The summed E-state index contributed by atoms with van der Waals surface area (Å²) in [6.07, 6.45) is 0. The summed E-state index contributed by atoms with van der Waals surface area (Å²) < 4.78 is 19.6. The van der Waals surface area contributed by atoms with Gasteiger partial charge in [0.15, 0.2) is 0 Å². The van der Waals surface area contributed by atoms with Crippen LogP contribution in [-0.4, -0.2) is 15.8 Å². The molecule has 16 aromatic carbocycles. The third-order valence-corrected chi connectivity index (χ3v) is 25.7. The molecular weight excluding hydrogens is 1440 g/mol. The first-order chi connectivity index (χ1) is 57.5. The van der Waals surface area contributed by atoms with Crippen molar-refractivity contribution in [1.29, 1.82) is 0 Å². The van der Waals surface area contributed by atoms with Gasteiger partial charge in [0.1, 0.15) is 22.3 Å². The van der Waals surface area contributed by atoms with Crippen LogP contribution >= 0.6 is 0 Å². The summed E-state index contributed by atoms with van der Waals surface area (Å²) >= 11 is 0. The molecule has 0 atom stereocenters. The van der Waals surface area contributed by atoms with Crippen LogP contribution in [0.1, 0.15) is 105 Å². The smallest absolute Gasteiger partial charge is 0.252 e. The van der Waals surface area contributed by atoms with Crippen LogP contribution in [0.3, 0.4) is 0 Å². The number of anilines is 6. The van der Waals surface area contributed by atoms with E-state index in [1.54, 1.807) is 0 Å². The maximum Gasteiger partial charge on any atom is 0.252 e. The molecule has 0 saturated carbocycles. The third kappa shape index (κ3) is 11.5. The zero-order chi connectivity index (χ0) is 80.9. The van der Waals surface area contributed by atoms with Gasteiger partial charge in [0.05, 0.1) is 44.2 Å². The van der Waals surface area contributed by atoms with Crippen LogP contribution in [0.15, 0.2) is 342 Å². The van der Waals surface area contributed by atoms with Gasteiger partial charge >= 0.3 is 0 Å². The van der Waals surface area contributed by atoms with Crippen LogP contribution in [-0.2, 0) is 21.7 Å². The molecule has 574 valence electrons. The Morgan fingerprint density at radius 3 is 1.03 bits per heavy atom. The van der Waals surface area contributed by atoms with Gasteiger partial charge in [-0.05, 0) is 214 Å². The fraction of sp³-hybridized carbons (Fsp3) is 0.143. The molecule has 2 aliphatic heterocycles. The highest BCUT2D eigenvalue weighted by Crippen LogP contribution is 2.57. The van der Waals surface area contributed by atoms with Crippen LogP contribution in [0.25, 0.3) is 154 Å². The third-order valence-electron chi connectivity index (χ3n) is 25.7. The molecule has 7 heteroatoms. The van der Waals surface area contributed by atoms with Gasteiger partial charge in [-0.1, -0.05) is 308 Å². The number of fused-ring (bicyclic) bond motifs is 16. The molecule has 0 aliphatic carbocycles. The summed E-state index contributed by atoms with van der Waals surface area (Å²) in [6, 6.07) is 126. The number of hydrogen-bond donors (Lipinski definition) is 0. The Labute approximate surface area is 695 Å². The van der Waals surface area contributed by atoms with E-state index in [1.165, 1.54) is 82.4 Å². The molecule has 6 nitrogen and oxygen atoms in total. The summed E-state index contributed by atoms with van der Waals surface area (Å²) in [5, 5.41) is 8.95. The van der Waals surface area contributed by atoms with Crippen molar-refractivity contribution in [1.82, 2.24) is 9.13 Å². The number of nitrogens with zero attached hydrogens (tertiary/aromatic N) is 4. The van der Waals surface area contributed by atoms with Gasteiger partial charge in [-0.25, -0.2) is 0 Å². The van der Waals surface area contributed by atoms with E-state index in [1.807, 2.05) is 0 Å². The molecule has 0 N–H and O–H groups in total. The summed E-state index contributed by atoms with van der Waals surface area (Å²) in [7, 11) is 0. The van der Waals surface area contributed by atoms with Crippen molar-refractivity contribution >= 4 is 145 Å². The fourth-order valence-corrected chi connectivity index (χ4v) is 19.5. The van der Waals surface area contributed by atoms with Crippen molar-refractivity contribution in [2.75, 3.05) is 9.80 Å². The van der Waals surface area contributed by atoms with Crippen LogP contribution in [0.2, 0.25) is 0 Å². The predicted molar refractivity (Wildman–Crippen MR) is 506 cm³/mol. The summed E-state index contributed by atoms with van der Waals surface area (Å²) in [5.41, 5.74) is 35.5. The second-order valence-corrected chi connectivity index (χ2v) is 37.2. The summed E-state index contributed by atoms with van der Waals surface area (Å²) in [5.74, 6) is 0. The van der Waals surface area contributed by atoms with Gasteiger partial charge in [0.25, 0.3) is 6.71 Å². The fourth-order valence-electron chi connectivity index (χ4n) is 19.5. The van der Waals surface area contributed by atoms with Crippen LogP contribution in [0.4, 0.5) is 34.1 Å². The first-order valence-electron chi connectivity index (χ1n) is 42.0. The Hall–Kier alpha value is -13.6. The minimum absolute atomic E-state index is 0.159. The summed E-state index contributed by atoms with van der Waals surface area (Å²) in [4.78, 5) is 5.42. The molecule has 22 rings (SSSR count). The molecule has 0 amide bonds. The topological polar surface area (TPSA) is 42.6 Å². The average Bonchev–Trinajstić information content (AvgIpc) is 1.57. The first kappa shape index (κ1) is 71.9. The van der Waals surface area contributed by atoms with Gasteiger partial charge in [-0.3, -0.25) is 0 Å². The highest BCUT2D eigenvalue weighted by molar-refractivity contribution is 7.00. The largest absolute Gasteiger partial charge is 0.456 e. The number of furan rings is 2. The minimum Gasteiger partial charge on any atom is -0.456 e. The Kier molecular flexibility index (Phi) is 16.0. The average molecular weight is 1540 g/mol. The lowest BCUT2D eigenvalue weighted by Gasteiger charge is -2.45.